The normalized spacial score (nSPS) is 21.5. The van der Waals surface area contributed by atoms with Crippen LogP contribution in [-0.2, 0) is 23.3 Å². The summed E-state index contributed by atoms with van der Waals surface area (Å²) in [5.74, 6) is -1.87. The molecule has 0 radical (unpaired) electrons. The first kappa shape index (κ1) is 20.8. The Morgan fingerprint density at radius 2 is 1.91 bits per heavy atom. The number of rotatable bonds is 3. The number of carboxylic acids is 1. The lowest BCUT2D eigenvalue weighted by atomic mass is 9.69. The lowest BCUT2D eigenvalue weighted by Crippen LogP contribution is -2.57. The molecule has 1 spiro atoms. The van der Waals surface area contributed by atoms with Gasteiger partial charge in [-0.2, -0.15) is 0 Å². The average molecular weight is 446 g/mol. The highest BCUT2D eigenvalue weighted by Crippen LogP contribution is 2.55. The number of hydrogen-bond acceptors (Lipinski definition) is 2. The molecule has 0 bridgehead atoms. The molecule has 0 saturated carbocycles. The number of aryl methyl sites for hydroxylation is 3. The van der Waals surface area contributed by atoms with Gasteiger partial charge < -0.3 is 10.0 Å². The maximum absolute atomic E-state index is 13.9. The van der Waals surface area contributed by atoms with Crippen molar-refractivity contribution < 1.29 is 14.7 Å². The van der Waals surface area contributed by atoms with Crippen molar-refractivity contribution in [2.45, 2.75) is 44.7 Å². The van der Waals surface area contributed by atoms with E-state index in [1.807, 2.05) is 68.4 Å². The summed E-state index contributed by atoms with van der Waals surface area (Å²) in [4.78, 5) is 28.6. The third-order valence-electron chi connectivity index (χ3n) is 7.02. The molecule has 0 aromatic heterocycles. The van der Waals surface area contributed by atoms with Crippen LogP contribution >= 0.6 is 11.6 Å². The summed E-state index contributed by atoms with van der Waals surface area (Å²) >= 11 is 6.23. The van der Waals surface area contributed by atoms with Gasteiger partial charge in [-0.05, 0) is 66.6 Å². The van der Waals surface area contributed by atoms with E-state index in [1.54, 1.807) is 11.0 Å². The Labute approximate surface area is 192 Å². The Hall–Kier alpha value is -3.11. The van der Waals surface area contributed by atoms with Crippen LogP contribution in [0.1, 0.15) is 56.1 Å². The molecular weight excluding hydrogens is 422 g/mol. The summed E-state index contributed by atoms with van der Waals surface area (Å²) in [6, 6.07) is 19.2. The van der Waals surface area contributed by atoms with Crippen molar-refractivity contribution in [2.75, 3.05) is 0 Å². The van der Waals surface area contributed by atoms with Crippen molar-refractivity contribution in [1.82, 2.24) is 4.90 Å². The number of carboxylic acid groups (broad SMARTS) is 1. The first-order chi connectivity index (χ1) is 15.3. The highest BCUT2D eigenvalue weighted by molar-refractivity contribution is 6.31. The molecule has 162 valence electrons. The molecule has 1 aliphatic heterocycles. The molecule has 5 rings (SSSR count). The minimum Gasteiger partial charge on any atom is -0.481 e. The van der Waals surface area contributed by atoms with E-state index in [2.05, 4.69) is 0 Å². The topological polar surface area (TPSA) is 57.6 Å². The molecule has 1 N–H and O–H groups in total. The number of carbonyl (C=O) groups excluding carboxylic acids is 1. The van der Waals surface area contributed by atoms with Gasteiger partial charge >= 0.3 is 5.97 Å². The number of benzene rings is 3. The summed E-state index contributed by atoms with van der Waals surface area (Å²) in [5.41, 5.74) is 5.02. The molecular formula is C27H24ClNO3. The number of nitrogens with zero attached hydrogens (tertiary/aromatic N) is 1. The second kappa shape index (κ2) is 7.49. The molecule has 1 aliphatic carbocycles. The number of halogens is 1. The van der Waals surface area contributed by atoms with E-state index >= 15 is 0 Å². The molecule has 0 fully saturated rings. The van der Waals surface area contributed by atoms with Gasteiger partial charge in [0.2, 0.25) is 0 Å². The van der Waals surface area contributed by atoms with Gasteiger partial charge in [0.25, 0.3) is 5.91 Å². The average Bonchev–Trinajstić information content (AvgIpc) is 3.13. The van der Waals surface area contributed by atoms with Gasteiger partial charge in [0.05, 0.1) is 5.54 Å². The largest absolute Gasteiger partial charge is 0.481 e. The van der Waals surface area contributed by atoms with Crippen LogP contribution in [0.2, 0.25) is 5.02 Å². The molecule has 3 aromatic rings. The zero-order valence-corrected chi connectivity index (χ0v) is 18.8. The minimum atomic E-state index is -0.937. The Morgan fingerprint density at radius 1 is 1.12 bits per heavy atom. The predicted octanol–water partition coefficient (Wildman–Crippen LogP) is 5.62. The van der Waals surface area contributed by atoms with E-state index < -0.39 is 17.4 Å². The third kappa shape index (κ3) is 2.97. The molecule has 32 heavy (non-hydrogen) atoms. The molecule has 5 heteroatoms. The molecule has 3 aromatic carbocycles. The van der Waals surface area contributed by atoms with Crippen molar-refractivity contribution in [2.24, 2.45) is 0 Å². The molecule has 1 amide bonds. The zero-order valence-electron chi connectivity index (χ0n) is 18.1. The fraction of sp³-hybridized carbons (Fsp3) is 0.259. The molecule has 2 atom stereocenters. The van der Waals surface area contributed by atoms with Crippen LogP contribution in [0.25, 0.3) is 0 Å². The number of carbonyl (C=O) groups is 2. The molecule has 2 aliphatic rings. The maximum Gasteiger partial charge on any atom is 0.313 e. The van der Waals surface area contributed by atoms with Crippen molar-refractivity contribution in [3.8, 4) is 0 Å². The quantitative estimate of drug-likeness (QED) is 0.569. The van der Waals surface area contributed by atoms with E-state index in [0.717, 1.165) is 34.2 Å². The van der Waals surface area contributed by atoms with Crippen LogP contribution in [-0.4, -0.2) is 21.9 Å². The first-order valence-electron chi connectivity index (χ1n) is 10.8. The number of hydrogen-bond donors (Lipinski definition) is 1. The van der Waals surface area contributed by atoms with Crippen molar-refractivity contribution in [3.05, 3.63) is 105 Å². The Bertz CT molecular complexity index is 1270. The second-order valence-corrected chi connectivity index (χ2v) is 9.33. The van der Waals surface area contributed by atoms with Gasteiger partial charge in [0, 0.05) is 17.1 Å². The van der Waals surface area contributed by atoms with E-state index in [9.17, 15) is 14.7 Å². The van der Waals surface area contributed by atoms with Gasteiger partial charge in [0.15, 0.2) is 0 Å². The van der Waals surface area contributed by atoms with Crippen LogP contribution in [0.3, 0.4) is 0 Å². The number of amides is 1. The predicted molar refractivity (Wildman–Crippen MR) is 124 cm³/mol. The zero-order chi connectivity index (χ0) is 22.6. The van der Waals surface area contributed by atoms with Gasteiger partial charge in [-0.1, -0.05) is 65.7 Å². The lowest BCUT2D eigenvalue weighted by molar-refractivity contribution is -0.143. The molecule has 2 unspecified atom stereocenters. The van der Waals surface area contributed by atoms with Gasteiger partial charge in [-0.15, -0.1) is 0 Å². The van der Waals surface area contributed by atoms with Crippen LogP contribution in [0, 0.1) is 13.8 Å². The Kier molecular flexibility index (Phi) is 4.86. The van der Waals surface area contributed by atoms with Crippen LogP contribution in [0.4, 0.5) is 0 Å². The summed E-state index contributed by atoms with van der Waals surface area (Å²) in [7, 11) is 0. The fourth-order valence-electron chi connectivity index (χ4n) is 5.59. The van der Waals surface area contributed by atoms with E-state index in [0.29, 0.717) is 29.1 Å². The van der Waals surface area contributed by atoms with Crippen LogP contribution in [0.15, 0.2) is 60.7 Å². The summed E-state index contributed by atoms with van der Waals surface area (Å²) in [6.07, 6.45) is 1.32. The Balaban J connectivity index is 1.77. The molecule has 1 heterocycles. The highest BCUT2D eigenvalue weighted by atomic mass is 35.5. The smallest absolute Gasteiger partial charge is 0.313 e. The SMILES string of the molecule is Cc1ccc2c(c1)C(C(=O)O)C1(CCc3ccccc31)N(Cc1ccc(Cl)c(C)c1)C2=O. The van der Waals surface area contributed by atoms with Crippen molar-refractivity contribution in [3.63, 3.8) is 0 Å². The first-order valence-corrected chi connectivity index (χ1v) is 11.2. The second-order valence-electron chi connectivity index (χ2n) is 8.92. The van der Waals surface area contributed by atoms with E-state index in [1.165, 1.54) is 0 Å². The summed E-state index contributed by atoms with van der Waals surface area (Å²) < 4.78 is 0. The van der Waals surface area contributed by atoms with Crippen LogP contribution < -0.4 is 0 Å². The number of aliphatic carboxylic acids is 1. The summed E-state index contributed by atoms with van der Waals surface area (Å²) in [6.45, 7) is 4.19. The van der Waals surface area contributed by atoms with Gasteiger partial charge in [-0.25, -0.2) is 0 Å². The highest BCUT2D eigenvalue weighted by Gasteiger charge is 2.58. The van der Waals surface area contributed by atoms with Gasteiger partial charge in [-0.3, -0.25) is 9.59 Å². The van der Waals surface area contributed by atoms with E-state index in [4.69, 9.17) is 11.6 Å². The Morgan fingerprint density at radius 3 is 2.66 bits per heavy atom. The summed E-state index contributed by atoms with van der Waals surface area (Å²) in [5, 5.41) is 11.2. The lowest BCUT2D eigenvalue weighted by Gasteiger charge is -2.50. The van der Waals surface area contributed by atoms with Gasteiger partial charge in [0.1, 0.15) is 5.92 Å². The monoisotopic (exact) mass is 445 g/mol. The van der Waals surface area contributed by atoms with Crippen molar-refractivity contribution >= 4 is 23.5 Å². The molecule has 4 nitrogen and oxygen atoms in total. The maximum atomic E-state index is 13.9. The van der Waals surface area contributed by atoms with E-state index in [-0.39, 0.29) is 5.91 Å². The fourth-order valence-corrected chi connectivity index (χ4v) is 5.71. The standard InChI is InChI=1S/C27H24ClNO3/c1-16-7-9-20-21(13-16)24(26(31)32)27(12-11-19-5-3-4-6-22(19)27)29(25(20)30)15-18-8-10-23(28)17(2)14-18/h3-10,13-14,24H,11-12,15H2,1-2H3,(H,31,32). The third-order valence-corrected chi connectivity index (χ3v) is 7.45. The van der Waals surface area contributed by atoms with Crippen molar-refractivity contribution in [1.29, 1.82) is 0 Å². The number of fused-ring (bicyclic) bond motifs is 3. The van der Waals surface area contributed by atoms with Crippen LogP contribution in [0.5, 0.6) is 0 Å². The molecule has 0 saturated heterocycles. The minimum absolute atomic E-state index is 0.123.